The highest BCUT2D eigenvalue weighted by atomic mass is 16.3. The van der Waals surface area contributed by atoms with E-state index in [-0.39, 0.29) is 18.9 Å². The molecule has 1 amide bonds. The lowest BCUT2D eigenvalue weighted by Gasteiger charge is -2.29. The van der Waals surface area contributed by atoms with Gasteiger partial charge in [0.1, 0.15) is 0 Å². The molecule has 1 heterocycles. The molecule has 1 saturated heterocycles. The molecular weight excluding hydrogens is 296 g/mol. The van der Waals surface area contributed by atoms with E-state index in [0.29, 0.717) is 19.0 Å². The summed E-state index contributed by atoms with van der Waals surface area (Å²) in [5, 5.41) is 32.8. The Hall–Kier alpha value is -0.690. The number of hydrogen-bond donors (Lipinski definition) is 4. The minimum Gasteiger partial charge on any atom is -0.395 e. The predicted molar refractivity (Wildman–Crippen MR) is 90.0 cm³/mol. The smallest absolute Gasteiger partial charge is 0.221 e. The van der Waals surface area contributed by atoms with Crippen molar-refractivity contribution in [2.45, 2.75) is 77.2 Å². The molecule has 23 heavy (non-hydrogen) atoms. The molecule has 0 spiro atoms. The molecular formula is C17H34N2O4. The van der Waals surface area contributed by atoms with Crippen molar-refractivity contribution in [3.05, 3.63) is 0 Å². The zero-order valence-corrected chi connectivity index (χ0v) is 14.7. The van der Waals surface area contributed by atoms with Crippen LogP contribution in [0.4, 0.5) is 0 Å². The Bertz CT molecular complexity index is 351. The zero-order chi connectivity index (χ0) is 17.4. The first-order valence-electron chi connectivity index (χ1n) is 8.91. The standard InChI is InChI=1S/C17H34N2O4/c1-4-5-6-7-8-19-13(9-15(21)18-10-12(2)3)16(22)17(23)14(19)11-20/h12-14,16-17,20,22-23H,4-11H2,1-3H3,(H,18,21). The minimum atomic E-state index is -1.01. The van der Waals surface area contributed by atoms with Crippen molar-refractivity contribution in [3.63, 3.8) is 0 Å². The molecule has 1 fully saturated rings. The summed E-state index contributed by atoms with van der Waals surface area (Å²) in [6.07, 6.45) is 2.43. The van der Waals surface area contributed by atoms with Gasteiger partial charge in [-0.2, -0.15) is 0 Å². The van der Waals surface area contributed by atoms with Crippen molar-refractivity contribution in [3.8, 4) is 0 Å². The van der Waals surface area contributed by atoms with E-state index in [1.54, 1.807) is 0 Å². The van der Waals surface area contributed by atoms with E-state index in [1.807, 2.05) is 18.7 Å². The van der Waals surface area contributed by atoms with Crippen LogP contribution < -0.4 is 5.32 Å². The molecule has 4 unspecified atom stereocenters. The summed E-state index contributed by atoms with van der Waals surface area (Å²) in [6.45, 7) is 7.26. The summed E-state index contributed by atoms with van der Waals surface area (Å²) in [6, 6.07) is -0.925. The Morgan fingerprint density at radius 1 is 1.13 bits per heavy atom. The van der Waals surface area contributed by atoms with E-state index >= 15 is 0 Å². The fourth-order valence-electron chi connectivity index (χ4n) is 3.18. The summed E-state index contributed by atoms with van der Waals surface area (Å²) in [4.78, 5) is 14.0. The first-order chi connectivity index (χ1) is 10.9. The van der Waals surface area contributed by atoms with Crippen LogP contribution in [-0.2, 0) is 4.79 Å². The van der Waals surface area contributed by atoms with E-state index < -0.39 is 24.3 Å². The number of carbonyl (C=O) groups is 1. The molecule has 0 aromatic rings. The second-order valence-electron chi connectivity index (χ2n) is 7.00. The highest BCUT2D eigenvalue weighted by molar-refractivity contribution is 5.76. The molecule has 0 aliphatic carbocycles. The highest BCUT2D eigenvalue weighted by Crippen LogP contribution is 2.28. The lowest BCUT2D eigenvalue weighted by Crippen LogP contribution is -2.44. The average molecular weight is 330 g/mol. The molecule has 0 aromatic carbocycles. The van der Waals surface area contributed by atoms with Gasteiger partial charge in [-0.25, -0.2) is 0 Å². The maximum Gasteiger partial charge on any atom is 0.221 e. The maximum absolute atomic E-state index is 12.1. The van der Waals surface area contributed by atoms with Crippen LogP contribution in [-0.4, -0.2) is 70.1 Å². The van der Waals surface area contributed by atoms with Crippen molar-refractivity contribution >= 4 is 5.91 Å². The van der Waals surface area contributed by atoms with Gasteiger partial charge in [-0.15, -0.1) is 0 Å². The Labute approximate surface area is 139 Å². The lowest BCUT2D eigenvalue weighted by molar-refractivity contribution is -0.123. The fraction of sp³-hybridized carbons (Fsp3) is 0.941. The molecule has 0 radical (unpaired) electrons. The number of unbranched alkanes of at least 4 members (excludes halogenated alkanes) is 3. The van der Waals surface area contributed by atoms with Crippen molar-refractivity contribution in [1.29, 1.82) is 0 Å². The van der Waals surface area contributed by atoms with Gasteiger partial charge in [0.05, 0.1) is 24.9 Å². The molecule has 1 aliphatic heterocycles. The molecule has 6 nitrogen and oxygen atoms in total. The average Bonchev–Trinajstić information content (AvgIpc) is 2.73. The molecule has 1 rings (SSSR count). The van der Waals surface area contributed by atoms with Crippen LogP contribution >= 0.6 is 0 Å². The van der Waals surface area contributed by atoms with Crippen LogP contribution in [0.3, 0.4) is 0 Å². The quantitative estimate of drug-likeness (QED) is 0.438. The van der Waals surface area contributed by atoms with Crippen LogP contribution in [0.15, 0.2) is 0 Å². The fourth-order valence-corrected chi connectivity index (χ4v) is 3.18. The number of amides is 1. The van der Waals surface area contributed by atoms with Gasteiger partial charge in [-0.1, -0.05) is 40.0 Å². The zero-order valence-electron chi connectivity index (χ0n) is 14.7. The van der Waals surface area contributed by atoms with Gasteiger partial charge < -0.3 is 20.6 Å². The number of rotatable bonds is 10. The van der Waals surface area contributed by atoms with E-state index in [2.05, 4.69) is 12.2 Å². The Morgan fingerprint density at radius 2 is 1.78 bits per heavy atom. The first kappa shape index (κ1) is 20.4. The van der Waals surface area contributed by atoms with E-state index in [4.69, 9.17) is 0 Å². The van der Waals surface area contributed by atoms with Gasteiger partial charge >= 0.3 is 0 Å². The van der Waals surface area contributed by atoms with Gasteiger partial charge in [-0.3, -0.25) is 9.69 Å². The predicted octanol–water partition coefficient (Wildman–Crippen LogP) is 0.496. The molecule has 136 valence electrons. The second-order valence-corrected chi connectivity index (χ2v) is 7.00. The third-order valence-corrected chi connectivity index (χ3v) is 4.55. The molecule has 0 aromatic heterocycles. The largest absolute Gasteiger partial charge is 0.395 e. The van der Waals surface area contributed by atoms with Crippen LogP contribution in [0.25, 0.3) is 0 Å². The van der Waals surface area contributed by atoms with E-state index in [0.717, 1.165) is 25.7 Å². The maximum atomic E-state index is 12.1. The number of nitrogens with one attached hydrogen (secondary N) is 1. The van der Waals surface area contributed by atoms with Gasteiger partial charge in [-0.05, 0) is 18.9 Å². The number of carbonyl (C=O) groups excluding carboxylic acids is 1. The first-order valence-corrected chi connectivity index (χ1v) is 8.91. The van der Waals surface area contributed by atoms with Crippen molar-refractivity contribution in [2.75, 3.05) is 19.7 Å². The third-order valence-electron chi connectivity index (χ3n) is 4.55. The number of aliphatic hydroxyl groups excluding tert-OH is 3. The SMILES string of the molecule is CCCCCCN1C(CO)C(O)C(O)C1CC(=O)NCC(C)C. The van der Waals surface area contributed by atoms with Crippen LogP contribution in [0.2, 0.25) is 0 Å². The van der Waals surface area contributed by atoms with Crippen molar-refractivity contribution in [1.82, 2.24) is 10.2 Å². The molecule has 0 bridgehead atoms. The molecule has 0 saturated carbocycles. The number of aliphatic hydroxyl groups is 3. The topological polar surface area (TPSA) is 93.0 Å². The van der Waals surface area contributed by atoms with Crippen LogP contribution in [0.5, 0.6) is 0 Å². The Kier molecular flexibility index (Phi) is 9.06. The Morgan fingerprint density at radius 3 is 2.35 bits per heavy atom. The minimum absolute atomic E-state index is 0.118. The van der Waals surface area contributed by atoms with E-state index in [9.17, 15) is 20.1 Å². The summed E-state index contributed by atoms with van der Waals surface area (Å²) in [7, 11) is 0. The normalized spacial score (nSPS) is 28.5. The highest BCUT2D eigenvalue weighted by Gasteiger charge is 2.47. The molecule has 6 heteroatoms. The van der Waals surface area contributed by atoms with Crippen LogP contribution in [0.1, 0.15) is 52.9 Å². The summed E-state index contributed by atoms with van der Waals surface area (Å²) in [5.41, 5.74) is 0. The van der Waals surface area contributed by atoms with Crippen LogP contribution in [0, 0.1) is 5.92 Å². The van der Waals surface area contributed by atoms with Gasteiger partial charge in [0.15, 0.2) is 0 Å². The van der Waals surface area contributed by atoms with Gasteiger partial charge in [0.25, 0.3) is 0 Å². The lowest BCUT2D eigenvalue weighted by atomic mass is 10.1. The monoisotopic (exact) mass is 330 g/mol. The second kappa shape index (κ2) is 10.2. The summed E-state index contributed by atoms with van der Waals surface area (Å²) in [5.74, 6) is 0.250. The summed E-state index contributed by atoms with van der Waals surface area (Å²) < 4.78 is 0. The van der Waals surface area contributed by atoms with Crippen molar-refractivity contribution in [2.24, 2.45) is 5.92 Å². The molecule has 4 atom stereocenters. The molecule has 4 N–H and O–H groups in total. The molecule has 1 aliphatic rings. The van der Waals surface area contributed by atoms with Gasteiger partial charge in [0.2, 0.25) is 5.91 Å². The third kappa shape index (κ3) is 6.03. The number of likely N-dealkylation sites (tertiary alicyclic amines) is 1. The number of nitrogens with zero attached hydrogens (tertiary/aromatic N) is 1. The van der Waals surface area contributed by atoms with E-state index in [1.165, 1.54) is 0 Å². The number of hydrogen-bond acceptors (Lipinski definition) is 5. The summed E-state index contributed by atoms with van der Waals surface area (Å²) >= 11 is 0. The Balaban J connectivity index is 2.64. The van der Waals surface area contributed by atoms with Gasteiger partial charge in [0, 0.05) is 19.0 Å². The van der Waals surface area contributed by atoms with Crippen molar-refractivity contribution < 1.29 is 20.1 Å².